The predicted octanol–water partition coefficient (Wildman–Crippen LogP) is 0.850. The van der Waals surface area contributed by atoms with E-state index in [1.807, 2.05) is 0 Å². The van der Waals surface area contributed by atoms with Crippen molar-refractivity contribution in [3.8, 4) is 0 Å². The Morgan fingerprint density at radius 3 is 2.62 bits per heavy atom. The van der Waals surface area contributed by atoms with Crippen molar-refractivity contribution in [3.63, 3.8) is 0 Å². The molecule has 0 radical (unpaired) electrons. The van der Waals surface area contributed by atoms with Crippen LogP contribution in [0.5, 0.6) is 0 Å². The van der Waals surface area contributed by atoms with E-state index in [1.165, 1.54) is 0 Å². The lowest BCUT2D eigenvalue weighted by atomic mass is 9.57. The van der Waals surface area contributed by atoms with Crippen molar-refractivity contribution in [2.24, 2.45) is 17.3 Å². The fourth-order valence-corrected chi connectivity index (χ4v) is 4.06. The van der Waals surface area contributed by atoms with Gasteiger partial charge in [0.1, 0.15) is 18.8 Å². The Bertz CT molecular complexity index is 749. The van der Waals surface area contributed by atoms with E-state index < -0.39 is 54.0 Å². The largest absolute Gasteiger partial charge is 0.461 e. The second-order valence-electron chi connectivity index (χ2n) is 6.85. The summed E-state index contributed by atoms with van der Waals surface area (Å²) in [7, 11) is 0. The highest BCUT2D eigenvalue weighted by molar-refractivity contribution is 5.93. The summed E-state index contributed by atoms with van der Waals surface area (Å²) in [6.45, 7) is 14.3. The standard InChI is InChI=1S/C19H20O7/c1-5-19-6-12(25-16(21)9(2)7-20)13-10(3)18(23)26-15(13)14(19)11(4)17(22)24-8-19/h5,12-15,20H,1-4,6-8H2/t12-,13+,14+,15-,19-/m0/s1. The van der Waals surface area contributed by atoms with Crippen molar-refractivity contribution in [1.29, 1.82) is 0 Å². The van der Waals surface area contributed by atoms with Gasteiger partial charge in [-0.05, 0) is 6.42 Å². The smallest absolute Gasteiger partial charge is 0.336 e. The summed E-state index contributed by atoms with van der Waals surface area (Å²) in [6.07, 6.45) is 0.340. The van der Waals surface area contributed by atoms with E-state index in [-0.39, 0.29) is 29.7 Å². The molecular weight excluding hydrogens is 340 g/mol. The van der Waals surface area contributed by atoms with Gasteiger partial charge in [-0.25, -0.2) is 14.4 Å². The molecule has 3 rings (SSSR count). The van der Waals surface area contributed by atoms with E-state index >= 15 is 0 Å². The summed E-state index contributed by atoms with van der Waals surface area (Å²) in [5.74, 6) is -3.09. The van der Waals surface area contributed by atoms with Crippen LogP contribution in [-0.4, -0.2) is 48.4 Å². The van der Waals surface area contributed by atoms with Crippen molar-refractivity contribution in [1.82, 2.24) is 0 Å². The first kappa shape index (κ1) is 18.1. The monoisotopic (exact) mass is 360 g/mol. The van der Waals surface area contributed by atoms with Crippen molar-refractivity contribution < 1.29 is 33.7 Å². The zero-order valence-electron chi connectivity index (χ0n) is 14.2. The van der Waals surface area contributed by atoms with E-state index in [0.717, 1.165) is 0 Å². The summed E-state index contributed by atoms with van der Waals surface area (Å²) >= 11 is 0. The Kier molecular flexibility index (Phi) is 4.36. The van der Waals surface area contributed by atoms with E-state index in [4.69, 9.17) is 19.3 Å². The summed E-state index contributed by atoms with van der Waals surface area (Å²) in [6, 6.07) is 0. The van der Waals surface area contributed by atoms with Gasteiger partial charge in [-0.2, -0.15) is 0 Å². The molecule has 138 valence electrons. The number of aliphatic hydroxyl groups is 1. The summed E-state index contributed by atoms with van der Waals surface area (Å²) < 4.78 is 16.2. The highest BCUT2D eigenvalue weighted by Crippen LogP contribution is 2.55. The first-order valence-corrected chi connectivity index (χ1v) is 8.14. The quantitative estimate of drug-likeness (QED) is 0.343. The van der Waals surface area contributed by atoms with E-state index in [0.29, 0.717) is 0 Å². The van der Waals surface area contributed by atoms with Gasteiger partial charge in [0.2, 0.25) is 0 Å². The second-order valence-corrected chi connectivity index (χ2v) is 6.85. The fraction of sp³-hybridized carbons (Fsp3) is 0.421. The lowest BCUT2D eigenvalue weighted by Crippen LogP contribution is -2.57. The number of hydrogen-bond donors (Lipinski definition) is 1. The number of esters is 3. The van der Waals surface area contributed by atoms with E-state index in [2.05, 4.69) is 26.3 Å². The van der Waals surface area contributed by atoms with Gasteiger partial charge in [0, 0.05) is 22.5 Å². The average molecular weight is 360 g/mol. The molecule has 0 aromatic heterocycles. The number of rotatable bonds is 4. The summed E-state index contributed by atoms with van der Waals surface area (Å²) in [4.78, 5) is 36.3. The van der Waals surface area contributed by atoms with Gasteiger partial charge in [-0.3, -0.25) is 0 Å². The SMILES string of the molecule is C=C[C@]12COC(=O)C(=C)[C@@H]1[C@H]1OC(=O)C(=C)[C@@H]1[C@@H](OC(=O)C(=C)CO)C2. The zero-order chi connectivity index (χ0) is 19.2. The Morgan fingerprint density at radius 1 is 1.31 bits per heavy atom. The molecule has 2 saturated heterocycles. The van der Waals surface area contributed by atoms with Crippen LogP contribution in [-0.2, 0) is 28.6 Å². The molecule has 7 heteroatoms. The van der Waals surface area contributed by atoms with Gasteiger partial charge in [0.25, 0.3) is 0 Å². The number of fused-ring (bicyclic) bond motifs is 3. The molecule has 1 N–H and O–H groups in total. The Labute approximate surface area is 150 Å². The fourth-order valence-electron chi connectivity index (χ4n) is 4.06. The van der Waals surface area contributed by atoms with Gasteiger partial charge in [0.05, 0.1) is 18.1 Å². The minimum absolute atomic E-state index is 0.0151. The van der Waals surface area contributed by atoms with Crippen molar-refractivity contribution in [2.75, 3.05) is 13.2 Å². The minimum atomic E-state index is -0.789. The number of hydrogen-bond acceptors (Lipinski definition) is 7. The van der Waals surface area contributed by atoms with Crippen molar-refractivity contribution in [2.45, 2.75) is 18.6 Å². The van der Waals surface area contributed by atoms with Crippen LogP contribution in [0.2, 0.25) is 0 Å². The Hall–Kier alpha value is -2.67. The molecule has 5 atom stereocenters. The third-order valence-corrected chi connectivity index (χ3v) is 5.45. The Balaban J connectivity index is 2.02. The highest BCUT2D eigenvalue weighted by Gasteiger charge is 2.62. The van der Waals surface area contributed by atoms with Gasteiger partial charge < -0.3 is 19.3 Å². The number of aliphatic hydroxyl groups excluding tert-OH is 1. The molecule has 0 unspecified atom stereocenters. The van der Waals surface area contributed by atoms with Crippen LogP contribution in [0.4, 0.5) is 0 Å². The number of carbonyl (C=O) groups is 3. The lowest BCUT2D eigenvalue weighted by molar-refractivity contribution is -0.176. The molecule has 26 heavy (non-hydrogen) atoms. The van der Waals surface area contributed by atoms with Crippen LogP contribution in [0.15, 0.2) is 49.1 Å². The maximum absolute atomic E-state index is 12.1. The third kappa shape index (κ3) is 2.50. The van der Waals surface area contributed by atoms with Crippen LogP contribution >= 0.6 is 0 Å². The van der Waals surface area contributed by atoms with Gasteiger partial charge in [0.15, 0.2) is 0 Å². The summed E-state index contributed by atoms with van der Waals surface area (Å²) in [5, 5.41) is 9.08. The second kappa shape index (κ2) is 6.25. The van der Waals surface area contributed by atoms with Gasteiger partial charge >= 0.3 is 17.9 Å². The van der Waals surface area contributed by atoms with Crippen molar-refractivity contribution >= 4 is 17.9 Å². The predicted molar refractivity (Wildman–Crippen MR) is 89.5 cm³/mol. The zero-order valence-corrected chi connectivity index (χ0v) is 14.2. The maximum Gasteiger partial charge on any atom is 0.336 e. The molecular formula is C19H20O7. The van der Waals surface area contributed by atoms with Crippen LogP contribution in [0.3, 0.4) is 0 Å². The molecule has 2 heterocycles. The molecule has 0 bridgehead atoms. The molecule has 0 amide bonds. The molecule has 3 aliphatic rings. The van der Waals surface area contributed by atoms with Crippen molar-refractivity contribution in [3.05, 3.63) is 49.1 Å². The molecule has 2 aliphatic heterocycles. The van der Waals surface area contributed by atoms with E-state index in [1.54, 1.807) is 6.08 Å². The van der Waals surface area contributed by atoms with Crippen LogP contribution < -0.4 is 0 Å². The summed E-state index contributed by atoms with van der Waals surface area (Å²) in [5.41, 5.74) is -0.528. The first-order chi connectivity index (χ1) is 12.3. The molecule has 0 aromatic carbocycles. The van der Waals surface area contributed by atoms with Gasteiger partial charge in [-0.15, -0.1) is 6.58 Å². The van der Waals surface area contributed by atoms with Crippen LogP contribution in [0.1, 0.15) is 6.42 Å². The third-order valence-electron chi connectivity index (χ3n) is 5.45. The number of ether oxygens (including phenoxy) is 3. The number of carbonyl (C=O) groups excluding carboxylic acids is 3. The topological polar surface area (TPSA) is 99.1 Å². The molecule has 0 aromatic rings. The average Bonchev–Trinajstić information content (AvgIpc) is 2.92. The Morgan fingerprint density at radius 2 is 2.00 bits per heavy atom. The van der Waals surface area contributed by atoms with Crippen LogP contribution in [0.25, 0.3) is 0 Å². The highest BCUT2D eigenvalue weighted by atomic mass is 16.6. The lowest BCUT2D eigenvalue weighted by Gasteiger charge is -2.51. The maximum atomic E-state index is 12.1. The van der Waals surface area contributed by atoms with E-state index in [9.17, 15) is 14.4 Å². The molecule has 1 aliphatic carbocycles. The number of cyclic esters (lactones) is 1. The molecule has 0 spiro atoms. The molecule has 1 saturated carbocycles. The molecule has 7 nitrogen and oxygen atoms in total. The van der Waals surface area contributed by atoms with Crippen LogP contribution in [0, 0.1) is 17.3 Å². The van der Waals surface area contributed by atoms with Gasteiger partial charge in [-0.1, -0.05) is 25.8 Å². The normalized spacial score (nSPS) is 35.7. The first-order valence-electron chi connectivity index (χ1n) is 8.14. The molecule has 3 fully saturated rings. The minimum Gasteiger partial charge on any atom is -0.461 e.